The number of nitrogens with zero attached hydrogens (tertiary/aromatic N) is 3. The van der Waals surface area contributed by atoms with Gasteiger partial charge in [-0.05, 0) is 13.3 Å². The average Bonchev–Trinajstić information content (AvgIpc) is 2.80. The molecule has 1 aromatic heterocycles. The van der Waals surface area contributed by atoms with E-state index in [2.05, 4.69) is 36.1 Å². The van der Waals surface area contributed by atoms with Crippen LogP contribution in [0.2, 0.25) is 0 Å². The molecule has 0 saturated carbocycles. The van der Waals surface area contributed by atoms with Gasteiger partial charge in [0.25, 0.3) is 0 Å². The van der Waals surface area contributed by atoms with Gasteiger partial charge in [-0.3, -0.25) is 9.58 Å². The van der Waals surface area contributed by atoms with Crippen molar-refractivity contribution < 1.29 is 0 Å². The van der Waals surface area contributed by atoms with Crippen LogP contribution in [0.5, 0.6) is 0 Å². The molecule has 0 radical (unpaired) electrons. The van der Waals surface area contributed by atoms with Crippen molar-refractivity contribution in [3.63, 3.8) is 0 Å². The summed E-state index contributed by atoms with van der Waals surface area (Å²) < 4.78 is 1.95. The minimum atomic E-state index is 0.583. The Morgan fingerprint density at radius 3 is 2.88 bits per heavy atom. The SMILES string of the molecule is Cc1c(CN2CCC(NC(C)C)C2)cnn1C. The summed E-state index contributed by atoms with van der Waals surface area (Å²) in [5, 5.41) is 7.91. The smallest absolute Gasteiger partial charge is 0.0537 e. The zero-order chi connectivity index (χ0) is 12.4. The Morgan fingerprint density at radius 2 is 2.29 bits per heavy atom. The van der Waals surface area contributed by atoms with Gasteiger partial charge in [0.1, 0.15) is 0 Å². The molecule has 0 bridgehead atoms. The third kappa shape index (κ3) is 3.07. The molecule has 0 aromatic carbocycles. The first-order chi connectivity index (χ1) is 8.06. The second kappa shape index (κ2) is 5.19. The van der Waals surface area contributed by atoms with Crippen LogP contribution in [-0.2, 0) is 13.6 Å². The molecule has 4 nitrogen and oxygen atoms in total. The maximum Gasteiger partial charge on any atom is 0.0537 e. The first-order valence-electron chi connectivity index (χ1n) is 6.52. The van der Waals surface area contributed by atoms with E-state index in [1.54, 1.807) is 0 Å². The van der Waals surface area contributed by atoms with Crippen LogP contribution in [0.3, 0.4) is 0 Å². The van der Waals surface area contributed by atoms with Gasteiger partial charge >= 0.3 is 0 Å². The molecule has 2 heterocycles. The first kappa shape index (κ1) is 12.6. The Hall–Kier alpha value is -0.870. The Morgan fingerprint density at radius 1 is 1.53 bits per heavy atom. The number of hydrogen-bond donors (Lipinski definition) is 1. The summed E-state index contributed by atoms with van der Waals surface area (Å²) >= 11 is 0. The van der Waals surface area contributed by atoms with Crippen LogP contribution in [0, 0.1) is 6.92 Å². The van der Waals surface area contributed by atoms with Crippen molar-refractivity contribution in [3.05, 3.63) is 17.5 Å². The largest absolute Gasteiger partial charge is 0.310 e. The summed E-state index contributed by atoms with van der Waals surface area (Å²) in [6.07, 6.45) is 3.26. The quantitative estimate of drug-likeness (QED) is 0.855. The molecule has 1 aromatic rings. The van der Waals surface area contributed by atoms with Crippen molar-refractivity contribution in [1.82, 2.24) is 20.0 Å². The minimum absolute atomic E-state index is 0.583. The van der Waals surface area contributed by atoms with Crippen LogP contribution in [0.25, 0.3) is 0 Å². The summed E-state index contributed by atoms with van der Waals surface area (Å²) in [7, 11) is 2.01. The lowest BCUT2D eigenvalue weighted by Crippen LogP contribution is -2.36. The molecule has 17 heavy (non-hydrogen) atoms. The van der Waals surface area contributed by atoms with E-state index < -0.39 is 0 Å². The second-order valence-electron chi connectivity index (χ2n) is 5.42. The molecule has 1 unspecified atom stereocenters. The molecule has 0 aliphatic carbocycles. The highest BCUT2D eigenvalue weighted by atomic mass is 15.3. The van der Waals surface area contributed by atoms with E-state index in [-0.39, 0.29) is 0 Å². The van der Waals surface area contributed by atoms with Gasteiger partial charge in [-0.1, -0.05) is 13.8 Å². The first-order valence-corrected chi connectivity index (χ1v) is 6.52. The highest BCUT2D eigenvalue weighted by molar-refractivity contribution is 5.15. The van der Waals surface area contributed by atoms with Crippen molar-refractivity contribution in [2.24, 2.45) is 7.05 Å². The number of aromatic nitrogens is 2. The lowest BCUT2D eigenvalue weighted by molar-refractivity contribution is 0.316. The molecule has 1 fully saturated rings. The van der Waals surface area contributed by atoms with Crippen LogP contribution in [0.15, 0.2) is 6.20 Å². The van der Waals surface area contributed by atoms with Crippen molar-refractivity contribution >= 4 is 0 Å². The van der Waals surface area contributed by atoms with E-state index in [4.69, 9.17) is 0 Å². The predicted molar refractivity (Wildman–Crippen MR) is 69.9 cm³/mol. The molecule has 1 atom stereocenters. The molecule has 1 aliphatic heterocycles. The van der Waals surface area contributed by atoms with E-state index in [1.807, 2.05) is 17.9 Å². The standard InChI is InChI=1S/C13H24N4/c1-10(2)15-13-5-6-17(9-13)8-12-7-14-16(4)11(12)3/h7,10,13,15H,5-6,8-9H2,1-4H3. The second-order valence-corrected chi connectivity index (χ2v) is 5.42. The molecular formula is C13H24N4. The van der Waals surface area contributed by atoms with Gasteiger partial charge in [-0.15, -0.1) is 0 Å². The zero-order valence-electron chi connectivity index (χ0n) is 11.4. The zero-order valence-corrected chi connectivity index (χ0v) is 11.4. The topological polar surface area (TPSA) is 33.1 Å². The summed E-state index contributed by atoms with van der Waals surface area (Å²) in [4.78, 5) is 2.52. The van der Waals surface area contributed by atoms with Gasteiger partial charge < -0.3 is 5.32 Å². The molecule has 96 valence electrons. The molecular weight excluding hydrogens is 212 g/mol. The van der Waals surface area contributed by atoms with Crippen molar-refractivity contribution in [2.75, 3.05) is 13.1 Å². The molecule has 1 N–H and O–H groups in total. The van der Waals surface area contributed by atoms with Crippen LogP contribution in [0.1, 0.15) is 31.5 Å². The Balaban J connectivity index is 1.87. The van der Waals surface area contributed by atoms with E-state index in [0.717, 1.165) is 13.1 Å². The number of nitrogens with one attached hydrogen (secondary N) is 1. The number of aryl methyl sites for hydroxylation is 1. The maximum atomic E-state index is 4.30. The summed E-state index contributed by atoms with van der Waals surface area (Å²) in [5.41, 5.74) is 2.64. The molecule has 4 heteroatoms. The van der Waals surface area contributed by atoms with Crippen molar-refractivity contribution in [3.8, 4) is 0 Å². The highest BCUT2D eigenvalue weighted by Crippen LogP contribution is 2.15. The lowest BCUT2D eigenvalue weighted by Gasteiger charge is -2.18. The molecule has 0 spiro atoms. The monoisotopic (exact) mass is 236 g/mol. The fourth-order valence-electron chi connectivity index (χ4n) is 2.52. The van der Waals surface area contributed by atoms with E-state index in [1.165, 1.54) is 24.2 Å². The Bertz CT molecular complexity index is 369. The number of hydrogen-bond acceptors (Lipinski definition) is 3. The fourth-order valence-corrected chi connectivity index (χ4v) is 2.52. The molecule has 2 rings (SSSR count). The van der Waals surface area contributed by atoms with Gasteiger partial charge in [0, 0.05) is 50.0 Å². The average molecular weight is 236 g/mol. The lowest BCUT2D eigenvalue weighted by atomic mass is 10.2. The summed E-state index contributed by atoms with van der Waals surface area (Å²) in [6, 6.07) is 1.24. The predicted octanol–water partition coefficient (Wildman–Crippen LogP) is 1.30. The van der Waals surface area contributed by atoms with Crippen molar-refractivity contribution in [2.45, 2.75) is 45.8 Å². The third-order valence-electron chi connectivity index (χ3n) is 3.57. The van der Waals surface area contributed by atoms with E-state index in [9.17, 15) is 0 Å². The molecule has 1 saturated heterocycles. The van der Waals surface area contributed by atoms with Gasteiger partial charge in [0.2, 0.25) is 0 Å². The van der Waals surface area contributed by atoms with Gasteiger partial charge in [0.15, 0.2) is 0 Å². The van der Waals surface area contributed by atoms with Crippen LogP contribution < -0.4 is 5.32 Å². The number of likely N-dealkylation sites (tertiary alicyclic amines) is 1. The van der Waals surface area contributed by atoms with Crippen molar-refractivity contribution in [1.29, 1.82) is 0 Å². The number of rotatable bonds is 4. The van der Waals surface area contributed by atoms with Gasteiger partial charge in [-0.25, -0.2) is 0 Å². The maximum absolute atomic E-state index is 4.30. The van der Waals surface area contributed by atoms with E-state index in [0.29, 0.717) is 12.1 Å². The van der Waals surface area contributed by atoms with E-state index >= 15 is 0 Å². The Kier molecular flexibility index (Phi) is 3.84. The summed E-state index contributed by atoms with van der Waals surface area (Å²) in [6.45, 7) is 9.96. The fraction of sp³-hybridized carbons (Fsp3) is 0.769. The van der Waals surface area contributed by atoms with Crippen LogP contribution in [-0.4, -0.2) is 39.9 Å². The van der Waals surface area contributed by atoms with Gasteiger partial charge in [0.05, 0.1) is 6.20 Å². The highest BCUT2D eigenvalue weighted by Gasteiger charge is 2.23. The third-order valence-corrected chi connectivity index (χ3v) is 3.57. The molecule has 0 amide bonds. The Labute approximate surface area is 104 Å². The van der Waals surface area contributed by atoms with Crippen LogP contribution >= 0.6 is 0 Å². The van der Waals surface area contributed by atoms with Crippen LogP contribution in [0.4, 0.5) is 0 Å². The van der Waals surface area contributed by atoms with Gasteiger partial charge in [-0.2, -0.15) is 5.10 Å². The molecule has 1 aliphatic rings. The normalized spacial score (nSPS) is 21.6. The minimum Gasteiger partial charge on any atom is -0.310 e. The summed E-state index contributed by atoms with van der Waals surface area (Å²) in [5.74, 6) is 0.